The Morgan fingerprint density at radius 1 is 0.818 bits per heavy atom. The smallest absolute Gasteiger partial charge is 0.303 e. The molecule has 0 aromatic carbocycles. The fourth-order valence-electron chi connectivity index (χ4n) is 1.42. The van der Waals surface area contributed by atoms with Gasteiger partial charge in [-0.1, -0.05) is 0 Å². The van der Waals surface area contributed by atoms with Crippen LogP contribution in [-0.4, -0.2) is 60.1 Å². The summed E-state index contributed by atoms with van der Waals surface area (Å²) in [6, 6.07) is 0. The van der Waals surface area contributed by atoms with Gasteiger partial charge in [0.1, 0.15) is 0 Å². The average Bonchev–Trinajstić information content (AvgIpc) is 1.90. The lowest BCUT2D eigenvalue weighted by Crippen LogP contribution is -2.77. The summed E-state index contributed by atoms with van der Waals surface area (Å²) in [5.74, 6) is 0. The minimum atomic E-state index is -1.73. The average molecular weight is 176 g/mol. The van der Waals surface area contributed by atoms with Gasteiger partial charge in [-0.2, -0.15) is 0 Å². The molecule has 0 aliphatic heterocycles. The minimum absolute atomic E-state index is 1.73. The van der Waals surface area contributed by atoms with Crippen LogP contribution in [0.3, 0.4) is 0 Å². The lowest BCUT2D eigenvalue weighted by Gasteiger charge is -2.40. The number of nitrogens with one attached hydrogen (secondary N) is 2. The molecule has 0 radical (unpaired) electrons. The van der Waals surface area contributed by atoms with Gasteiger partial charge in [-0.05, 0) is 42.3 Å². The van der Waals surface area contributed by atoms with Gasteiger partial charge in [-0.3, -0.25) is 9.13 Å². The van der Waals surface area contributed by atoms with E-state index in [4.69, 9.17) is 0 Å². The molecule has 0 unspecified atom stereocenters. The molecule has 0 aromatic rings. The Kier molecular flexibility index (Phi) is 4.20. The Morgan fingerprint density at radius 3 is 1.09 bits per heavy atom. The zero-order valence-corrected chi connectivity index (χ0v) is 9.39. The molecule has 0 saturated heterocycles. The van der Waals surface area contributed by atoms with Crippen molar-refractivity contribution in [3.8, 4) is 0 Å². The summed E-state index contributed by atoms with van der Waals surface area (Å²) >= 11 is 0. The molecule has 11 heavy (non-hydrogen) atoms. The molecule has 2 N–H and O–H groups in total. The SMILES string of the molecule is CN[Si](NC)(N(C)C)N(C)C. The van der Waals surface area contributed by atoms with Gasteiger partial charge in [0.2, 0.25) is 0 Å². The van der Waals surface area contributed by atoms with E-state index in [-0.39, 0.29) is 0 Å². The van der Waals surface area contributed by atoms with Gasteiger partial charge in [0.05, 0.1) is 0 Å². The molecule has 0 fully saturated rings. The maximum absolute atomic E-state index is 3.34. The molecule has 0 rings (SSSR count). The fourth-order valence-corrected chi connectivity index (χ4v) is 4.26. The van der Waals surface area contributed by atoms with Crippen LogP contribution in [-0.2, 0) is 0 Å². The van der Waals surface area contributed by atoms with E-state index in [1.165, 1.54) is 0 Å². The highest BCUT2D eigenvalue weighted by Crippen LogP contribution is 1.98. The van der Waals surface area contributed by atoms with Gasteiger partial charge in [-0.15, -0.1) is 0 Å². The first-order valence-corrected chi connectivity index (χ1v) is 5.63. The van der Waals surface area contributed by atoms with Crippen LogP contribution in [0, 0.1) is 0 Å². The standard InChI is InChI=1S/C6H20N4Si/c1-7-11(8-2,9(3)4)10(5)6/h7-8H,1-6H3. The summed E-state index contributed by atoms with van der Waals surface area (Å²) in [5.41, 5.74) is 0. The van der Waals surface area contributed by atoms with E-state index < -0.39 is 8.72 Å². The number of hydrogen-bond donors (Lipinski definition) is 2. The molecule has 0 amide bonds. The second kappa shape index (κ2) is 4.17. The van der Waals surface area contributed by atoms with Crippen molar-refractivity contribution in [1.82, 2.24) is 19.1 Å². The van der Waals surface area contributed by atoms with Gasteiger partial charge in [-0.25, -0.2) is 0 Å². The van der Waals surface area contributed by atoms with Crippen LogP contribution in [0.4, 0.5) is 0 Å². The lowest BCUT2D eigenvalue weighted by molar-refractivity contribution is 0.444. The van der Waals surface area contributed by atoms with E-state index in [9.17, 15) is 0 Å². The molecule has 0 atom stereocenters. The van der Waals surface area contributed by atoms with Crippen molar-refractivity contribution in [3.05, 3.63) is 0 Å². The van der Waals surface area contributed by atoms with Gasteiger partial charge in [0.25, 0.3) is 0 Å². The molecule has 0 saturated carbocycles. The van der Waals surface area contributed by atoms with Crippen molar-refractivity contribution < 1.29 is 0 Å². The summed E-state index contributed by atoms with van der Waals surface area (Å²) in [6.45, 7) is 0. The molecular formula is C6H20N4Si. The van der Waals surface area contributed by atoms with Crippen molar-refractivity contribution in [1.29, 1.82) is 0 Å². The summed E-state index contributed by atoms with van der Waals surface area (Å²) in [6.07, 6.45) is 0. The first-order chi connectivity index (χ1) is 5.01. The van der Waals surface area contributed by atoms with E-state index in [1.807, 2.05) is 14.1 Å². The third-order valence-corrected chi connectivity index (χ3v) is 5.97. The number of rotatable bonds is 4. The molecular weight excluding hydrogens is 156 g/mol. The van der Waals surface area contributed by atoms with Crippen LogP contribution < -0.4 is 9.96 Å². The molecule has 68 valence electrons. The Bertz CT molecular complexity index is 101. The van der Waals surface area contributed by atoms with Crippen LogP contribution in [0.2, 0.25) is 0 Å². The van der Waals surface area contributed by atoms with Gasteiger partial charge in [0, 0.05) is 0 Å². The van der Waals surface area contributed by atoms with E-state index in [1.54, 1.807) is 0 Å². The molecule has 4 nitrogen and oxygen atoms in total. The van der Waals surface area contributed by atoms with Gasteiger partial charge >= 0.3 is 8.72 Å². The summed E-state index contributed by atoms with van der Waals surface area (Å²) in [4.78, 5) is 6.69. The predicted octanol–water partition coefficient (Wildman–Crippen LogP) is -1.02. The molecule has 0 bridgehead atoms. The van der Waals surface area contributed by atoms with Crippen LogP contribution >= 0.6 is 0 Å². The van der Waals surface area contributed by atoms with Crippen molar-refractivity contribution in [2.45, 2.75) is 0 Å². The lowest BCUT2D eigenvalue weighted by atomic mass is 11.3. The highest BCUT2D eigenvalue weighted by Gasteiger charge is 2.37. The molecule has 5 heteroatoms. The molecule has 0 aromatic heterocycles. The van der Waals surface area contributed by atoms with Crippen LogP contribution in [0.1, 0.15) is 0 Å². The zero-order valence-electron chi connectivity index (χ0n) is 8.39. The Morgan fingerprint density at radius 2 is 1.09 bits per heavy atom. The summed E-state index contributed by atoms with van der Waals surface area (Å²) in [7, 11) is 10.6. The van der Waals surface area contributed by atoms with E-state index in [2.05, 4.69) is 47.3 Å². The summed E-state index contributed by atoms with van der Waals surface area (Å²) < 4.78 is 4.43. The minimum Gasteiger partial charge on any atom is -0.303 e. The maximum atomic E-state index is 3.34. The van der Waals surface area contributed by atoms with Crippen molar-refractivity contribution in [3.63, 3.8) is 0 Å². The third kappa shape index (κ3) is 2.00. The van der Waals surface area contributed by atoms with Crippen LogP contribution in [0.25, 0.3) is 0 Å². The first kappa shape index (κ1) is 11.1. The van der Waals surface area contributed by atoms with E-state index in [0.717, 1.165) is 0 Å². The van der Waals surface area contributed by atoms with Gasteiger partial charge in [0.15, 0.2) is 0 Å². The second-order valence-electron chi connectivity index (χ2n) is 2.96. The highest BCUT2D eigenvalue weighted by molar-refractivity contribution is 6.69. The normalized spacial score (nSPS) is 13.1. The highest BCUT2D eigenvalue weighted by atomic mass is 28.4. The fraction of sp³-hybridized carbons (Fsp3) is 1.00. The molecule has 0 heterocycles. The largest absolute Gasteiger partial charge is 0.370 e. The molecule has 0 aliphatic carbocycles. The molecule has 0 aliphatic rings. The second-order valence-corrected chi connectivity index (χ2v) is 7.09. The van der Waals surface area contributed by atoms with Gasteiger partial charge < -0.3 is 9.96 Å². The quantitative estimate of drug-likeness (QED) is 0.537. The van der Waals surface area contributed by atoms with Crippen LogP contribution in [0.15, 0.2) is 0 Å². The Hall–Kier alpha value is 0.0569. The van der Waals surface area contributed by atoms with Crippen molar-refractivity contribution in [2.24, 2.45) is 0 Å². The number of hydrogen-bond acceptors (Lipinski definition) is 4. The third-order valence-electron chi connectivity index (χ3n) is 1.99. The van der Waals surface area contributed by atoms with E-state index in [0.29, 0.717) is 0 Å². The first-order valence-electron chi connectivity index (χ1n) is 3.74. The topological polar surface area (TPSA) is 30.5 Å². The van der Waals surface area contributed by atoms with Crippen molar-refractivity contribution >= 4 is 8.72 Å². The Labute approximate surface area is 70.9 Å². The summed E-state index contributed by atoms with van der Waals surface area (Å²) in [5, 5.41) is 0. The molecule has 0 spiro atoms. The number of nitrogens with zero attached hydrogens (tertiary/aromatic N) is 2. The predicted molar refractivity (Wildman–Crippen MR) is 51.2 cm³/mol. The van der Waals surface area contributed by atoms with Crippen LogP contribution in [0.5, 0.6) is 0 Å². The van der Waals surface area contributed by atoms with Crippen molar-refractivity contribution in [2.75, 3.05) is 42.3 Å². The maximum Gasteiger partial charge on any atom is 0.370 e. The zero-order chi connectivity index (χ0) is 9.07. The Balaban J connectivity index is 4.46. The van der Waals surface area contributed by atoms with E-state index >= 15 is 0 Å². The monoisotopic (exact) mass is 176 g/mol.